The summed E-state index contributed by atoms with van der Waals surface area (Å²) < 4.78 is 22.0. The van der Waals surface area contributed by atoms with E-state index in [0.29, 0.717) is 0 Å². The predicted molar refractivity (Wildman–Crippen MR) is 50.2 cm³/mol. The van der Waals surface area contributed by atoms with Crippen LogP contribution in [0.5, 0.6) is 5.75 Å². The molecule has 0 saturated carbocycles. The van der Waals surface area contributed by atoms with Gasteiger partial charge in [-0.25, -0.2) is 5.14 Å². The molecule has 1 rings (SSSR count). The van der Waals surface area contributed by atoms with Crippen molar-refractivity contribution < 1.29 is 23.7 Å². The predicted octanol–water partition coefficient (Wildman–Crippen LogP) is 1.19. The van der Waals surface area contributed by atoms with Crippen molar-refractivity contribution in [1.82, 2.24) is 0 Å². The molecule has 0 unspecified atom stereocenters. The van der Waals surface area contributed by atoms with Gasteiger partial charge < -0.3 is 4.18 Å². The molecule has 0 bridgehead atoms. The van der Waals surface area contributed by atoms with Crippen LogP contribution in [0.4, 0.5) is 5.69 Å². The fraction of sp³-hybridized carbons (Fsp3) is 0. The van der Waals surface area contributed by atoms with E-state index in [2.05, 4.69) is 4.18 Å². The van der Waals surface area contributed by atoms with Gasteiger partial charge in [-0.2, -0.15) is 0 Å². The van der Waals surface area contributed by atoms with Crippen LogP contribution in [-0.2, 0) is 0 Å². The molecule has 0 atom stereocenters. The molecule has 80 valence electrons. The third-order valence-electron chi connectivity index (χ3n) is 1.29. The molecule has 8 heteroatoms. The maximum atomic E-state index is 8.73. The molecule has 0 amide bonds. The summed E-state index contributed by atoms with van der Waals surface area (Å²) in [6, 6.07) is 5.19. The molecule has 1 aromatic carbocycles. The number of nitrogens with zero attached hydrogens (tertiary/aromatic N) is 1. The highest BCUT2D eigenvalue weighted by Gasteiger charge is 2.11. The van der Waals surface area contributed by atoms with E-state index in [-0.39, 0.29) is 16.7 Å². The van der Waals surface area contributed by atoms with Gasteiger partial charge in [0.2, 0.25) is 0 Å². The van der Waals surface area contributed by atoms with Gasteiger partial charge >= 0.3 is 0 Å². The van der Waals surface area contributed by atoms with Crippen molar-refractivity contribution in [2.45, 2.75) is 0 Å². The van der Waals surface area contributed by atoms with E-state index < -0.39 is 11.1 Å². The maximum absolute atomic E-state index is 8.73. The highest BCUT2D eigenvalue weighted by molar-refractivity contribution is 8.18. The number of anilines is 1. The Kier molecular flexibility index (Phi) is 3.16. The average molecular weight is 222 g/mol. The van der Waals surface area contributed by atoms with Crippen molar-refractivity contribution in [3.8, 4) is 5.75 Å². The highest BCUT2D eigenvalue weighted by Crippen LogP contribution is 2.32. The largest absolute Gasteiger partial charge is 0.392 e. The van der Waals surface area contributed by atoms with Gasteiger partial charge in [-0.05, 0) is 24.3 Å². The van der Waals surface area contributed by atoms with E-state index in [4.69, 9.17) is 24.7 Å². The summed E-state index contributed by atoms with van der Waals surface area (Å²) in [6.45, 7) is 0. The number of benzene rings is 1. The van der Waals surface area contributed by atoms with Gasteiger partial charge in [-0.3, -0.25) is 19.5 Å². The van der Waals surface area contributed by atoms with E-state index >= 15 is 0 Å². The van der Waals surface area contributed by atoms with Crippen LogP contribution in [-0.4, -0.2) is 19.5 Å². The van der Waals surface area contributed by atoms with E-state index in [1.165, 1.54) is 24.3 Å². The standard InChI is InChI=1S/C6H10N2O5S/c7-14(11,12)13-6-3-1-5(2-4-6)8(9)10/h1-4,9-12H,7H2. The Labute approximate surface area is 81.6 Å². The molecule has 0 aromatic heterocycles. The molecule has 0 spiro atoms. The number of nitrogens with two attached hydrogens (primary N) is 1. The molecule has 0 aliphatic carbocycles. The molecule has 1 aromatic rings. The van der Waals surface area contributed by atoms with Gasteiger partial charge in [0, 0.05) is 0 Å². The van der Waals surface area contributed by atoms with Crippen molar-refractivity contribution in [2.24, 2.45) is 5.14 Å². The normalized spacial score (nSPS) is 12.4. The Morgan fingerprint density at radius 2 is 1.64 bits per heavy atom. The zero-order chi connectivity index (χ0) is 10.8. The first-order valence-corrected chi connectivity index (χ1v) is 4.95. The minimum absolute atomic E-state index is 0.0791. The minimum atomic E-state index is -3.55. The monoisotopic (exact) mass is 222 g/mol. The molecule has 0 aliphatic rings. The number of hydrogen-bond acceptors (Lipinski definition) is 7. The summed E-state index contributed by atoms with van der Waals surface area (Å²) in [5.41, 5.74) is 0.103. The zero-order valence-electron chi connectivity index (χ0n) is 6.94. The van der Waals surface area contributed by atoms with Gasteiger partial charge in [0.15, 0.2) is 11.1 Å². The van der Waals surface area contributed by atoms with Crippen molar-refractivity contribution in [3.63, 3.8) is 0 Å². The molecule has 6 N–H and O–H groups in total. The lowest BCUT2D eigenvalue weighted by Crippen LogP contribution is -2.15. The van der Waals surface area contributed by atoms with E-state index in [1.807, 2.05) is 0 Å². The van der Waals surface area contributed by atoms with E-state index in [0.717, 1.165) is 0 Å². The zero-order valence-corrected chi connectivity index (χ0v) is 7.76. The lowest BCUT2D eigenvalue weighted by molar-refractivity contribution is 0.0291. The summed E-state index contributed by atoms with van der Waals surface area (Å²) in [5.74, 6) is 0.109. The van der Waals surface area contributed by atoms with Gasteiger partial charge in [0.05, 0.1) is 5.69 Å². The topological polar surface area (TPSA) is 119 Å². The molecule has 14 heavy (non-hydrogen) atoms. The Balaban J connectivity index is 2.74. The van der Waals surface area contributed by atoms with Crippen LogP contribution >= 0.6 is 11.1 Å². The molecular weight excluding hydrogens is 212 g/mol. The van der Waals surface area contributed by atoms with E-state index in [9.17, 15) is 0 Å². The van der Waals surface area contributed by atoms with Crippen LogP contribution in [0.2, 0.25) is 0 Å². The molecule has 0 aliphatic heterocycles. The average Bonchev–Trinajstić information content (AvgIpc) is 2.02. The van der Waals surface area contributed by atoms with Crippen LogP contribution < -0.4 is 14.5 Å². The Hall–Kier alpha value is -1.03. The number of hydrogen-bond donors (Lipinski definition) is 5. The maximum Gasteiger partial charge on any atom is 0.200 e. The number of rotatable bonds is 3. The molecule has 0 fully saturated rings. The second kappa shape index (κ2) is 4.00. The van der Waals surface area contributed by atoms with Crippen molar-refractivity contribution in [3.05, 3.63) is 24.3 Å². The van der Waals surface area contributed by atoms with Crippen molar-refractivity contribution >= 4 is 16.7 Å². The van der Waals surface area contributed by atoms with Crippen molar-refractivity contribution in [2.75, 3.05) is 5.23 Å². The lowest BCUT2D eigenvalue weighted by atomic mass is 10.3. The fourth-order valence-electron chi connectivity index (χ4n) is 0.777. The van der Waals surface area contributed by atoms with Gasteiger partial charge in [-0.15, -0.1) is 5.23 Å². The van der Waals surface area contributed by atoms with Gasteiger partial charge in [0.1, 0.15) is 5.75 Å². The quantitative estimate of drug-likeness (QED) is 0.487. The third kappa shape index (κ3) is 3.38. The van der Waals surface area contributed by atoms with Gasteiger partial charge in [0.25, 0.3) is 0 Å². The van der Waals surface area contributed by atoms with Crippen molar-refractivity contribution in [1.29, 1.82) is 0 Å². The smallest absolute Gasteiger partial charge is 0.200 e. The Morgan fingerprint density at radius 3 is 2.00 bits per heavy atom. The summed E-state index contributed by atoms with van der Waals surface area (Å²) in [4.78, 5) is 0. The molecule has 0 radical (unpaired) electrons. The van der Waals surface area contributed by atoms with Crippen LogP contribution in [0.25, 0.3) is 0 Å². The summed E-state index contributed by atoms with van der Waals surface area (Å²) in [5, 5.41) is 21.9. The minimum Gasteiger partial charge on any atom is -0.392 e. The molecule has 0 heterocycles. The molecular formula is C6H10N2O5S. The van der Waals surface area contributed by atoms with E-state index in [1.54, 1.807) is 0 Å². The second-order valence-electron chi connectivity index (χ2n) is 2.40. The van der Waals surface area contributed by atoms with Crippen LogP contribution in [0.1, 0.15) is 0 Å². The fourth-order valence-corrected chi connectivity index (χ4v) is 1.17. The first-order chi connectivity index (χ1) is 6.38. The summed E-state index contributed by atoms with van der Waals surface area (Å²) in [7, 11) is 0. The van der Waals surface area contributed by atoms with Crippen LogP contribution in [0.15, 0.2) is 24.3 Å². The summed E-state index contributed by atoms with van der Waals surface area (Å²) in [6.07, 6.45) is 0. The SMILES string of the molecule is NS(O)(O)Oc1ccc(N(O)O)cc1. The molecule has 0 saturated heterocycles. The molecule has 7 nitrogen and oxygen atoms in total. The van der Waals surface area contributed by atoms with Crippen LogP contribution in [0, 0.1) is 0 Å². The van der Waals surface area contributed by atoms with Gasteiger partial charge in [-0.1, -0.05) is 0 Å². The highest BCUT2D eigenvalue weighted by atomic mass is 32.3. The lowest BCUT2D eigenvalue weighted by Gasteiger charge is -2.21. The summed E-state index contributed by atoms with van der Waals surface area (Å²) >= 11 is -3.55. The second-order valence-corrected chi connectivity index (χ2v) is 3.65. The first-order valence-electron chi connectivity index (χ1n) is 3.42. The van der Waals surface area contributed by atoms with Crippen LogP contribution in [0.3, 0.4) is 0 Å². The Morgan fingerprint density at radius 1 is 1.14 bits per heavy atom. The third-order valence-corrected chi connectivity index (χ3v) is 1.72. The first kappa shape index (κ1) is 11.0. The Bertz CT molecular complexity index is 296.